The Balaban J connectivity index is 1.38. The number of hydrogen-bond donors (Lipinski definition) is 2. The van der Waals surface area contributed by atoms with Gasteiger partial charge in [0.15, 0.2) is 0 Å². The van der Waals surface area contributed by atoms with Crippen LogP contribution in [0.25, 0.3) is 11.1 Å². The van der Waals surface area contributed by atoms with E-state index in [4.69, 9.17) is 9.84 Å². The minimum absolute atomic E-state index is 0.0328. The van der Waals surface area contributed by atoms with E-state index in [1.807, 2.05) is 31.2 Å². The SMILES string of the molecule is CCC(NC(=O)OCC1c2ccccc2-c2ccccc21)C(=O)N1CCCCC1CCC(=O)O. The molecule has 1 heterocycles. The summed E-state index contributed by atoms with van der Waals surface area (Å²) in [6.07, 6.45) is 2.95. The largest absolute Gasteiger partial charge is 0.481 e. The molecule has 2 aromatic rings. The number of likely N-dealkylation sites (tertiary alicyclic amines) is 1. The molecule has 1 aliphatic heterocycles. The Labute approximate surface area is 200 Å². The Morgan fingerprint density at radius 3 is 2.32 bits per heavy atom. The number of ether oxygens (including phenoxy) is 1. The zero-order valence-corrected chi connectivity index (χ0v) is 19.5. The number of carbonyl (C=O) groups excluding carboxylic acids is 2. The third kappa shape index (κ3) is 5.08. The molecule has 0 bridgehead atoms. The summed E-state index contributed by atoms with van der Waals surface area (Å²) in [7, 11) is 0. The molecule has 0 spiro atoms. The number of alkyl carbamates (subject to hydrolysis) is 1. The number of nitrogens with one attached hydrogen (secondary N) is 1. The Morgan fingerprint density at radius 1 is 1.06 bits per heavy atom. The van der Waals surface area contributed by atoms with Gasteiger partial charge in [-0.3, -0.25) is 9.59 Å². The summed E-state index contributed by atoms with van der Waals surface area (Å²) in [6, 6.07) is 15.5. The van der Waals surface area contributed by atoms with Gasteiger partial charge in [0.2, 0.25) is 5.91 Å². The van der Waals surface area contributed by atoms with Crippen molar-refractivity contribution in [1.82, 2.24) is 10.2 Å². The van der Waals surface area contributed by atoms with E-state index in [9.17, 15) is 14.4 Å². The quantitative estimate of drug-likeness (QED) is 0.598. The number of hydrogen-bond acceptors (Lipinski definition) is 4. The van der Waals surface area contributed by atoms with Gasteiger partial charge in [0, 0.05) is 24.9 Å². The van der Waals surface area contributed by atoms with Crippen LogP contribution in [-0.4, -0.2) is 53.2 Å². The molecule has 0 aromatic heterocycles. The molecule has 2 amide bonds. The van der Waals surface area contributed by atoms with Crippen LogP contribution in [0.3, 0.4) is 0 Å². The van der Waals surface area contributed by atoms with Crippen LogP contribution in [0, 0.1) is 0 Å². The topological polar surface area (TPSA) is 95.9 Å². The van der Waals surface area contributed by atoms with Gasteiger partial charge in [-0.2, -0.15) is 0 Å². The fourth-order valence-electron chi connectivity index (χ4n) is 5.20. The third-order valence-corrected chi connectivity index (χ3v) is 6.94. The summed E-state index contributed by atoms with van der Waals surface area (Å²) in [5, 5.41) is 11.8. The molecule has 7 heteroatoms. The van der Waals surface area contributed by atoms with E-state index in [1.165, 1.54) is 0 Å². The lowest BCUT2D eigenvalue weighted by Crippen LogP contribution is -2.53. The summed E-state index contributed by atoms with van der Waals surface area (Å²) in [5.41, 5.74) is 4.58. The second-order valence-electron chi connectivity index (χ2n) is 9.04. The summed E-state index contributed by atoms with van der Waals surface area (Å²) in [4.78, 5) is 38.7. The second kappa shape index (κ2) is 10.7. The number of carboxylic acids is 1. The van der Waals surface area contributed by atoms with E-state index in [0.29, 0.717) is 19.4 Å². The predicted octanol–water partition coefficient (Wildman–Crippen LogP) is 4.55. The molecular formula is C27H32N2O5. The zero-order valence-electron chi connectivity index (χ0n) is 19.5. The molecule has 180 valence electrons. The molecule has 2 atom stereocenters. The van der Waals surface area contributed by atoms with Gasteiger partial charge in [0.1, 0.15) is 12.6 Å². The van der Waals surface area contributed by atoms with Gasteiger partial charge in [-0.25, -0.2) is 4.79 Å². The average Bonchev–Trinajstić information content (AvgIpc) is 3.18. The number of amides is 2. The van der Waals surface area contributed by atoms with Crippen LogP contribution in [0.4, 0.5) is 4.79 Å². The molecule has 0 radical (unpaired) electrons. The van der Waals surface area contributed by atoms with Crippen molar-refractivity contribution >= 4 is 18.0 Å². The third-order valence-electron chi connectivity index (χ3n) is 6.94. The van der Waals surface area contributed by atoms with Gasteiger partial charge >= 0.3 is 12.1 Å². The summed E-state index contributed by atoms with van der Waals surface area (Å²) >= 11 is 0. The van der Waals surface area contributed by atoms with Gasteiger partial charge in [0.25, 0.3) is 0 Å². The van der Waals surface area contributed by atoms with Crippen LogP contribution in [-0.2, 0) is 14.3 Å². The minimum Gasteiger partial charge on any atom is -0.481 e. The standard InChI is InChI=1S/C27H32N2O5/c1-2-24(26(32)29-16-8-7-9-18(29)14-15-25(30)31)28-27(33)34-17-23-21-12-5-3-10-19(21)20-11-4-6-13-22(20)23/h3-6,10-13,18,23-24H,2,7-9,14-17H2,1H3,(H,28,33)(H,30,31). The Morgan fingerprint density at radius 2 is 1.71 bits per heavy atom. The first-order chi connectivity index (χ1) is 16.5. The molecular weight excluding hydrogens is 432 g/mol. The number of fused-ring (bicyclic) bond motifs is 3. The van der Waals surface area contributed by atoms with Crippen LogP contribution in [0.2, 0.25) is 0 Å². The lowest BCUT2D eigenvalue weighted by molar-refractivity contribution is -0.141. The fraction of sp³-hybridized carbons (Fsp3) is 0.444. The van der Waals surface area contributed by atoms with Crippen molar-refractivity contribution in [3.05, 3.63) is 59.7 Å². The highest BCUT2D eigenvalue weighted by atomic mass is 16.5. The smallest absolute Gasteiger partial charge is 0.407 e. The molecule has 2 unspecified atom stereocenters. The van der Waals surface area contributed by atoms with Crippen molar-refractivity contribution < 1.29 is 24.2 Å². The van der Waals surface area contributed by atoms with E-state index in [2.05, 4.69) is 29.6 Å². The number of piperidine rings is 1. The van der Waals surface area contributed by atoms with Crippen molar-refractivity contribution in [2.75, 3.05) is 13.2 Å². The summed E-state index contributed by atoms with van der Waals surface area (Å²) in [5.74, 6) is -1.07. The first-order valence-electron chi connectivity index (χ1n) is 12.1. The Kier molecular flexibility index (Phi) is 7.50. The predicted molar refractivity (Wildman–Crippen MR) is 129 cm³/mol. The maximum absolute atomic E-state index is 13.2. The lowest BCUT2D eigenvalue weighted by atomic mass is 9.96. The molecule has 1 aliphatic carbocycles. The monoisotopic (exact) mass is 464 g/mol. The van der Waals surface area contributed by atoms with E-state index in [0.717, 1.165) is 41.5 Å². The number of aliphatic carboxylic acids is 1. The van der Waals surface area contributed by atoms with E-state index >= 15 is 0 Å². The van der Waals surface area contributed by atoms with E-state index in [1.54, 1.807) is 4.90 Å². The van der Waals surface area contributed by atoms with Crippen molar-refractivity contribution in [3.8, 4) is 11.1 Å². The van der Waals surface area contributed by atoms with Crippen LogP contribution >= 0.6 is 0 Å². The minimum atomic E-state index is -0.859. The number of benzene rings is 2. The van der Waals surface area contributed by atoms with Gasteiger partial charge in [-0.05, 0) is 54.4 Å². The first kappa shape index (κ1) is 23.8. The first-order valence-corrected chi connectivity index (χ1v) is 12.1. The van der Waals surface area contributed by atoms with E-state index in [-0.39, 0.29) is 30.9 Å². The van der Waals surface area contributed by atoms with Gasteiger partial charge < -0.3 is 20.1 Å². The van der Waals surface area contributed by atoms with Crippen molar-refractivity contribution in [2.24, 2.45) is 0 Å². The molecule has 2 aliphatic rings. The zero-order chi connectivity index (χ0) is 24.1. The molecule has 7 nitrogen and oxygen atoms in total. The molecule has 4 rings (SSSR count). The maximum Gasteiger partial charge on any atom is 0.407 e. The Bertz CT molecular complexity index is 1010. The fourth-order valence-corrected chi connectivity index (χ4v) is 5.20. The van der Waals surface area contributed by atoms with Crippen molar-refractivity contribution in [1.29, 1.82) is 0 Å². The highest BCUT2D eigenvalue weighted by Crippen LogP contribution is 2.44. The van der Waals surface area contributed by atoms with E-state index < -0.39 is 18.1 Å². The second-order valence-corrected chi connectivity index (χ2v) is 9.04. The Hall–Kier alpha value is -3.35. The number of carbonyl (C=O) groups is 3. The van der Waals surface area contributed by atoms with Crippen molar-refractivity contribution in [3.63, 3.8) is 0 Å². The van der Waals surface area contributed by atoms with Gasteiger partial charge in [-0.15, -0.1) is 0 Å². The highest BCUT2D eigenvalue weighted by Gasteiger charge is 2.33. The van der Waals surface area contributed by atoms with Crippen LogP contribution in [0.15, 0.2) is 48.5 Å². The summed E-state index contributed by atoms with van der Waals surface area (Å²) in [6.45, 7) is 2.63. The van der Waals surface area contributed by atoms with Gasteiger partial charge in [0.05, 0.1) is 0 Å². The normalized spacial score (nSPS) is 18.0. The van der Waals surface area contributed by atoms with Crippen LogP contribution < -0.4 is 5.32 Å². The molecule has 2 aromatic carbocycles. The number of carboxylic acid groups (broad SMARTS) is 1. The average molecular weight is 465 g/mol. The molecule has 34 heavy (non-hydrogen) atoms. The number of nitrogens with zero attached hydrogens (tertiary/aromatic N) is 1. The van der Waals surface area contributed by atoms with Crippen molar-refractivity contribution in [2.45, 2.75) is 63.5 Å². The molecule has 2 N–H and O–H groups in total. The molecule has 1 fully saturated rings. The lowest BCUT2D eigenvalue weighted by Gasteiger charge is -2.37. The highest BCUT2D eigenvalue weighted by molar-refractivity contribution is 5.86. The maximum atomic E-state index is 13.2. The summed E-state index contributed by atoms with van der Waals surface area (Å²) < 4.78 is 5.62. The van der Waals surface area contributed by atoms with Gasteiger partial charge in [-0.1, -0.05) is 55.5 Å². The molecule has 0 saturated carbocycles. The van der Waals surface area contributed by atoms with Crippen LogP contribution in [0.1, 0.15) is 62.5 Å². The van der Waals surface area contributed by atoms with Crippen LogP contribution in [0.5, 0.6) is 0 Å². The molecule has 1 saturated heterocycles. The number of rotatable bonds is 8.